The molecule has 1 aromatic carbocycles. The van der Waals surface area contributed by atoms with E-state index in [0.717, 1.165) is 17.1 Å². The maximum atomic E-state index is 11.8. The fourth-order valence-corrected chi connectivity index (χ4v) is 1.73. The summed E-state index contributed by atoms with van der Waals surface area (Å²) in [5.41, 5.74) is 6.98. The Labute approximate surface area is 108 Å². The third kappa shape index (κ3) is 2.91. The van der Waals surface area contributed by atoms with Gasteiger partial charge in [0.05, 0.1) is 12.2 Å². The molecular weight excluding hydrogens is 248 g/mol. The predicted octanol–water partition coefficient (Wildman–Crippen LogP) is 1.10. The van der Waals surface area contributed by atoms with Crippen molar-refractivity contribution in [3.8, 4) is 11.8 Å². The monoisotopic (exact) mass is 258 g/mol. The lowest BCUT2D eigenvalue weighted by molar-refractivity contribution is 0.102. The van der Waals surface area contributed by atoms with Gasteiger partial charge in [-0.25, -0.2) is 0 Å². The number of amides is 1. The minimum Gasteiger partial charge on any atom is -0.320 e. The van der Waals surface area contributed by atoms with Gasteiger partial charge in [-0.3, -0.25) is 4.79 Å². The van der Waals surface area contributed by atoms with Crippen LogP contribution in [-0.4, -0.2) is 22.0 Å². The molecule has 0 radical (unpaired) electrons. The highest BCUT2D eigenvalue weighted by Gasteiger charge is 2.10. The fourth-order valence-electron chi connectivity index (χ4n) is 1.30. The van der Waals surface area contributed by atoms with Crippen LogP contribution >= 0.6 is 11.5 Å². The molecule has 5 nitrogen and oxygen atoms in total. The molecule has 0 unspecified atom stereocenters. The number of hydrogen-bond donors (Lipinski definition) is 2. The molecule has 18 heavy (non-hydrogen) atoms. The first-order valence-electron chi connectivity index (χ1n) is 5.17. The third-order valence-electron chi connectivity index (χ3n) is 2.09. The molecule has 3 N–H and O–H groups in total. The maximum Gasteiger partial charge on any atom is 0.277 e. The predicted molar refractivity (Wildman–Crippen MR) is 70.2 cm³/mol. The van der Waals surface area contributed by atoms with Crippen molar-refractivity contribution in [1.82, 2.24) is 9.59 Å². The van der Waals surface area contributed by atoms with Crippen LogP contribution in [0.3, 0.4) is 0 Å². The molecule has 2 rings (SSSR count). The minimum atomic E-state index is -0.300. The van der Waals surface area contributed by atoms with E-state index in [1.54, 1.807) is 11.4 Å². The van der Waals surface area contributed by atoms with Crippen LogP contribution in [0.5, 0.6) is 0 Å². The van der Waals surface area contributed by atoms with Gasteiger partial charge in [-0.15, -0.1) is 5.10 Å². The summed E-state index contributed by atoms with van der Waals surface area (Å²) < 4.78 is 3.64. The third-order valence-corrected chi connectivity index (χ3v) is 2.60. The summed E-state index contributed by atoms with van der Waals surface area (Å²) in [7, 11) is 0. The first-order chi connectivity index (χ1) is 8.81. The van der Waals surface area contributed by atoms with Crippen molar-refractivity contribution in [1.29, 1.82) is 0 Å². The molecule has 6 heteroatoms. The lowest BCUT2D eigenvalue weighted by Crippen LogP contribution is -2.13. The average Bonchev–Trinajstić information content (AvgIpc) is 2.91. The van der Waals surface area contributed by atoms with E-state index in [2.05, 4.69) is 26.7 Å². The van der Waals surface area contributed by atoms with Crippen LogP contribution in [-0.2, 0) is 0 Å². The number of nitrogens with one attached hydrogen (secondary N) is 1. The molecule has 0 saturated heterocycles. The maximum absolute atomic E-state index is 11.8. The Bertz CT molecular complexity index is 598. The molecule has 1 amide bonds. The lowest BCUT2D eigenvalue weighted by atomic mass is 10.2. The van der Waals surface area contributed by atoms with E-state index in [9.17, 15) is 4.79 Å². The molecule has 0 bridgehead atoms. The fraction of sp³-hybridized carbons (Fsp3) is 0.0833. The van der Waals surface area contributed by atoms with Crippen LogP contribution in [0.1, 0.15) is 16.1 Å². The second-order valence-electron chi connectivity index (χ2n) is 3.30. The summed E-state index contributed by atoms with van der Waals surface area (Å²) in [6.45, 7) is 0.276. The molecule has 0 aliphatic rings. The Balaban J connectivity index is 2.21. The van der Waals surface area contributed by atoms with Crippen molar-refractivity contribution in [2.75, 3.05) is 11.9 Å². The zero-order chi connectivity index (χ0) is 12.8. The van der Waals surface area contributed by atoms with Crippen LogP contribution in [0.2, 0.25) is 0 Å². The lowest BCUT2D eigenvalue weighted by Gasteiger charge is -2.05. The molecule has 0 saturated carbocycles. The van der Waals surface area contributed by atoms with Crippen molar-refractivity contribution < 1.29 is 4.79 Å². The van der Waals surface area contributed by atoms with Gasteiger partial charge in [0.1, 0.15) is 0 Å². The second-order valence-corrected chi connectivity index (χ2v) is 3.91. The van der Waals surface area contributed by atoms with Gasteiger partial charge in [0.25, 0.3) is 5.91 Å². The van der Waals surface area contributed by atoms with Crippen molar-refractivity contribution >= 4 is 23.1 Å². The second kappa shape index (κ2) is 5.91. The largest absolute Gasteiger partial charge is 0.320 e. The Morgan fingerprint density at radius 2 is 2.28 bits per heavy atom. The van der Waals surface area contributed by atoms with E-state index < -0.39 is 0 Å². The summed E-state index contributed by atoms with van der Waals surface area (Å²) in [4.78, 5) is 11.8. The van der Waals surface area contributed by atoms with Gasteiger partial charge in [-0.2, -0.15) is 0 Å². The number of anilines is 1. The number of para-hydroxylation sites is 1. The molecule has 0 spiro atoms. The Morgan fingerprint density at radius 3 is 3.00 bits per heavy atom. The molecule has 90 valence electrons. The van der Waals surface area contributed by atoms with Crippen molar-refractivity contribution in [3.05, 3.63) is 40.9 Å². The first kappa shape index (κ1) is 12.2. The van der Waals surface area contributed by atoms with Gasteiger partial charge in [0.2, 0.25) is 0 Å². The van der Waals surface area contributed by atoms with Gasteiger partial charge >= 0.3 is 0 Å². The molecule has 0 aliphatic heterocycles. The van der Waals surface area contributed by atoms with Gasteiger partial charge in [-0.05, 0) is 23.7 Å². The van der Waals surface area contributed by atoms with E-state index in [1.165, 1.54) is 0 Å². The van der Waals surface area contributed by atoms with Gasteiger partial charge in [0.15, 0.2) is 5.69 Å². The Hall–Kier alpha value is -2.23. The highest BCUT2D eigenvalue weighted by molar-refractivity contribution is 7.03. The van der Waals surface area contributed by atoms with Crippen LogP contribution in [0.25, 0.3) is 0 Å². The van der Waals surface area contributed by atoms with E-state index in [-0.39, 0.29) is 12.5 Å². The number of carbonyl (C=O) groups is 1. The summed E-state index contributed by atoms with van der Waals surface area (Å²) in [6.07, 6.45) is 0. The number of aromatic nitrogens is 2. The highest BCUT2D eigenvalue weighted by Crippen LogP contribution is 2.14. The SMILES string of the molecule is NCC#Cc1ccccc1NC(=O)c1csnn1. The van der Waals surface area contributed by atoms with Crippen LogP contribution < -0.4 is 11.1 Å². The quantitative estimate of drug-likeness (QED) is 0.790. The zero-order valence-electron chi connectivity index (χ0n) is 9.38. The zero-order valence-corrected chi connectivity index (χ0v) is 10.2. The topological polar surface area (TPSA) is 80.9 Å². The number of hydrogen-bond acceptors (Lipinski definition) is 5. The van der Waals surface area contributed by atoms with Gasteiger partial charge in [-0.1, -0.05) is 28.5 Å². The Morgan fingerprint density at radius 1 is 1.44 bits per heavy atom. The average molecular weight is 258 g/mol. The van der Waals surface area contributed by atoms with Crippen molar-refractivity contribution in [2.45, 2.75) is 0 Å². The summed E-state index contributed by atoms with van der Waals surface area (Å²) in [5.74, 6) is 5.35. The summed E-state index contributed by atoms with van der Waals surface area (Å²) >= 11 is 1.13. The van der Waals surface area contributed by atoms with E-state index >= 15 is 0 Å². The van der Waals surface area contributed by atoms with Crippen LogP contribution in [0.15, 0.2) is 29.6 Å². The number of nitrogens with two attached hydrogens (primary N) is 1. The summed E-state index contributed by atoms with van der Waals surface area (Å²) in [5, 5.41) is 8.04. The minimum absolute atomic E-state index is 0.276. The summed E-state index contributed by atoms with van der Waals surface area (Å²) in [6, 6.07) is 7.26. The molecule has 0 aliphatic carbocycles. The number of benzene rings is 1. The van der Waals surface area contributed by atoms with Crippen LogP contribution in [0.4, 0.5) is 5.69 Å². The molecule has 2 aromatic rings. The highest BCUT2D eigenvalue weighted by atomic mass is 32.1. The molecule has 0 atom stereocenters. The van der Waals surface area contributed by atoms with E-state index in [1.807, 2.05) is 18.2 Å². The normalized spacial score (nSPS) is 9.39. The molecular formula is C12H10N4OS. The van der Waals surface area contributed by atoms with Gasteiger partial charge < -0.3 is 11.1 Å². The number of carbonyl (C=O) groups excluding carboxylic acids is 1. The first-order valence-corrected chi connectivity index (χ1v) is 6.01. The number of nitrogens with zero attached hydrogens (tertiary/aromatic N) is 2. The standard InChI is InChI=1S/C12H10N4OS/c13-7-3-5-9-4-1-2-6-10(9)14-12(17)11-8-18-16-15-11/h1-2,4,6,8H,7,13H2,(H,14,17). The van der Waals surface area contributed by atoms with Crippen molar-refractivity contribution in [3.63, 3.8) is 0 Å². The molecule has 1 aromatic heterocycles. The Kier molecular flexibility index (Phi) is 4.02. The molecule has 1 heterocycles. The van der Waals surface area contributed by atoms with Crippen LogP contribution in [0, 0.1) is 11.8 Å². The van der Waals surface area contributed by atoms with E-state index in [4.69, 9.17) is 5.73 Å². The number of rotatable bonds is 2. The molecule has 0 fully saturated rings. The smallest absolute Gasteiger partial charge is 0.277 e. The van der Waals surface area contributed by atoms with Crippen molar-refractivity contribution in [2.24, 2.45) is 5.73 Å². The van der Waals surface area contributed by atoms with E-state index in [0.29, 0.717) is 11.4 Å². The van der Waals surface area contributed by atoms with Gasteiger partial charge in [0, 0.05) is 10.9 Å².